The van der Waals surface area contributed by atoms with Crippen molar-refractivity contribution in [2.45, 2.75) is 6.92 Å². The van der Waals surface area contributed by atoms with Gasteiger partial charge in [-0.15, -0.1) is 0 Å². The molecule has 0 aliphatic heterocycles. The summed E-state index contributed by atoms with van der Waals surface area (Å²) in [6.07, 6.45) is 1.78. The number of aryl methyl sites for hydroxylation is 1. The molecule has 0 radical (unpaired) electrons. The number of aromatic nitrogens is 1. The maximum atomic E-state index is 5.59. The Bertz CT molecular complexity index is 479. The Morgan fingerprint density at radius 2 is 2.20 bits per heavy atom. The Kier molecular flexibility index (Phi) is 2.60. The van der Waals surface area contributed by atoms with Gasteiger partial charge >= 0.3 is 0 Å². The lowest BCUT2D eigenvalue weighted by Gasteiger charge is -2.05. The number of ether oxygens (including phenoxy) is 1. The molecule has 1 aromatic heterocycles. The summed E-state index contributed by atoms with van der Waals surface area (Å²) in [5.74, 6) is 0.888. The molecule has 0 atom stereocenters. The molecule has 1 aromatic carbocycles. The van der Waals surface area contributed by atoms with Crippen molar-refractivity contribution in [3.8, 4) is 16.2 Å². The van der Waals surface area contributed by atoms with Gasteiger partial charge in [-0.25, -0.2) is 4.98 Å². The molecule has 0 spiro atoms. The number of methoxy groups -OCH3 is 1. The van der Waals surface area contributed by atoms with E-state index in [1.807, 2.05) is 25.1 Å². The van der Waals surface area contributed by atoms with Crippen LogP contribution in [0.5, 0.6) is 5.75 Å². The summed E-state index contributed by atoms with van der Waals surface area (Å²) in [5, 5.41) is 0.588. The minimum atomic E-state index is 0.588. The molecule has 4 heteroatoms. The first-order valence-electron chi connectivity index (χ1n) is 4.57. The van der Waals surface area contributed by atoms with Gasteiger partial charge in [0.25, 0.3) is 0 Å². The molecular formula is C11H12N2OS. The highest BCUT2D eigenvalue weighted by atomic mass is 32.1. The maximum Gasteiger partial charge on any atom is 0.180 e. The zero-order chi connectivity index (χ0) is 10.8. The fourth-order valence-electron chi connectivity index (χ4n) is 1.39. The summed E-state index contributed by atoms with van der Waals surface area (Å²) in [5.41, 5.74) is 7.81. The largest absolute Gasteiger partial charge is 0.496 e. The average Bonchev–Trinajstić information content (AvgIpc) is 2.66. The van der Waals surface area contributed by atoms with Crippen molar-refractivity contribution >= 4 is 16.5 Å². The van der Waals surface area contributed by atoms with Crippen molar-refractivity contribution in [1.82, 2.24) is 4.98 Å². The van der Waals surface area contributed by atoms with Gasteiger partial charge in [-0.3, -0.25) is 0 Å². The maximum absolute atomic E-state index is 5.59. The fraction of sp³-hybridized carbons (Fsp3) is 0.182. The second-order valence-corrected chi connectivity index (χ2v) is 4.31. The summed E-state index contributed by atoms with van der Waals surface area (Å²) in [6.45, 7) is 2.02. The van der Waals surface area contributed by atoms with Gasteiger partial charge in [0.05, 0.1) is 12.0 Å². The Balaban J connectivity index is 2.45. The van der Waals surface area contributed by atoms with Gasteiger partial charge in [-0.1, -0.05) is 23.5 Å². The molecule has 2 aromatic rings. The van der Waals surface area contributed by atoms with Crippen LogP contribution in [0.3, 0.4) is 0 Å². The van der Waals surface area contributed by atoms with E-state index in [0.717, 1.165) is 21.8 Å². The standard InChI is InChI=1S/C11H12N2OS/c1-7-3-4-8(5-9(7)14-2)10-6-13-11(12)15-10/h3-6H,1-2H3,(H2,12,13). The van der Waals surface area contributed by atoms with Crippen molar-refractivity contribution < 1.29 is 4.74 Å². The van der Waals surface area contributed by atoms with Crippen LogP contribution in [0.25, 0.3) is 10.4 Å². The normalized spacial score (nSPS) is 10.3. The van der Waals surface area contributed by atoms with E-state index in [-0.39, 0.29) is 0 Å². The Morgan fingerprint density at radius 1 is 1.40 bits per heavy atom. The van der Waals surface area contributed by atoms with E-state index >= 15 is 0 Å². The fourth-order valence-corrected chi connectivity index (χ4v) is 2.08. The number of rotatable bonds is 2. The molecule has 78 valence electrons. The molecule has 0 aliphatic rings. The van der Waals surface area contributed by atoms with Crippen LogP contribution in [0.2, 0.25) is 0 Å². The number of nitrogen functional groups attached to an aromatic ring is 1. The van der Waals surface area contributed by atoms with E-state index in [1.54, 1.807) is 13.3 Å². The first-order chi connectivity index (χ1) is 7.20. The zero-order valence-corrected chi connectivity index (χ0v) is 9.47. The van der Waals surface area contributed by atoms with Crippen LogP contribution in [0.4, 0.5) is 5.13 Å². The van der Waals surface area contributed by atoms with Crippen molar-refractivity contribution in [3.63, 3.8) is 0 Å². The number of anilines is 1. The third kappa shape index (κ3) is 1.94. The molecule has 0 bridgehead atoms. The van der Waals surface area contributed by atoms with E-state index < -0.39 is 0 Å². The van der Waals surface area contributed by atoms with Gasteiger partial charge in [0, 0.05) is 6.20 Å². The Labute approximate surface area is 92.5 Å². The van der Waals surface area contributed by atoms with Crippen molar-refractivity contribution in [1.29, 1.82) is 0 Å². The van der Waals surface area contributed by atoms with Gasteiger partial charge in [-0.05, 0) is 24.1 Å². The smallest absolute Gasteiger partial charge is 0.180 e. The predicted octanol–water partition coefficient (Wildman–Crippen LogP) is 2.71. The molecule has 2 rings (SSSR count). The lowest BCUT2D eigenvalue weighted by atomic mass is 10.1. The molecule has 0 saturated carbocycles. The van der Waals surface area contributed by atoms with Crippen LogP contribution in [-0.2, 0) is 0 Å². The van der Waals surface area contributed by atoms with Crippen LogP contribution in [-0.4, -0.2) is 12.1 Å². The van der Waals surface area contributed by atoms with Crippen LogP contribution in [0.1, 0.15) is 5.56 Å². The van der Waals surface area contributed by atoms with Crippen LogP contribution in [0, 0.1) is 6.92 Å². The van der Waals surface area contributed by atoms with Gasteiger partial charge in [0.1, 0.15) is 5.75 Å². The summed E-state index contributed by atoms with van der Waals surface area (Å²) >= 11 is 1.48. The molecule has 1 heterocycles. The SMILES string of the molecule is COc1cc(-c2cnc(N)s2)ccc1C. The minimum Gasteiger partial charge on any atom is -0.496 e. The third-order valence-corrected chi connectivity index (χ3v) is 3.09. The van der Waals surface area contributed by atoms with E-state index in [2.05, 4.69) is 4.98 Å². The monoisotopic (exact) mass is 220 g/mol. The molecule has 0 unspecified atom stereocenters. The average molecular weight is 220 g/mol. The van der Waals surface area contributed by atoms with Gasteiger partial charge in [-0.2, -0.15) is 0 Å². The highest BCUT2D eigenvalue weighted by Crippen LogP contribution is 2.31. The second-order valence-electron chi connectivity index (χ2n) is 3.25. The van der Waals surface area contributed by atoms with E-state index in [0.29, 0.717) is 5.13 Å². The van der Waals surface area contributed by atoms with Gasteiger partial charge < -0.3 is 10.5 Å². The zero-order valence-electron chi connectivity index (χ0n) is 8.65. The minimum absolute atomic E-state index is 0.588. The summed E-state index contributed by atoms with van der Waals surface area (Å²) in [7, 11) is 1.67. The molecule has 3 nitrogen and oxygen atoms in total. The second kappa shape index (κ2) is 3.90. The van der Waals surface area contributed by atoms with Gasteiger partial charge in [0.15, 0.2) is 5.13 Å². The van der Waals surface area contributed by atoms with Crippen LogP contribution < -0.4 is 10.5 Å². The van der Waals surface area contributed by atoms with Crippen LogP contribution >= 0.6 is 11.3 Å². The molecule has 0 saturated heterocycles. The molecule has 0 aliphatic carbocycles. The van der Waals surface area contributed by atoms with E-state index in [4.69, 9.17) is 10.5 Å². The number of thiazole rings is 1. The summed E-state index contributed by atoms with van der Waals surface area (Å²) in [4.78, 5) is 5.09. The Morgan fingerprint density at radius 3 is 2.80 bits per heavy atom. The lowest BCUT2D eigenvalue weighted by Crippen LogP contribution is -1.86. The molecule has 0 fully saturated rings. The van der Waals surface area contributed by atoms with Crippen LogP contribution in [0.15, 0.2) is 24.4 Å². The van der Waals surface area contributed by atoms with Crippen molar-refractivity contribution in [2.75, 3.05) is 12.8 Å². The van der Waals surface area contributed by atoms with Crippen molar-refractivity contribution in [3.05, 3.63) is 30.0 Å². The van der Waals surface area contributed by atoms with E-state index in [9.17, 15) is 0 Å². The van der Waals surface area contributed by atoms with E-state index in [1.165, 1.54) is 11.3 Å². The first-order valence-corrected chi connectivity index (χ1v) is 5.38. The predicted molar refractivity (Wildman–Crippen MR) is 63.3 cm³/mol. The molecular weight excluding hydrogens is 208 g/mol. The topological polar surface area (TPSA) is 48.1 Å². The molecule has 0 amide bonds. The number of benzene rings is 1. The molecule has 15 heavy (non-hydrogen) atoms. The number of nitrogens with two attached hydrogens (primary N) is 1. The number of hydrogen-bond acceptors (Lipinski definition) is 4. The highest BCUT2D eigenvalue weighted by Gasteiger charge is 2.05. The third-order valence-electron chi connectivity index (χ3n) is 2.22. The number of nitrogens with zero attached hydrogens (tertiary/aromatic N) is 1. The quantitative estimate of drug-likeness (QED) is 0.846. The molecule has 2 N–H and O–H groups in total. The van der Waals surface area contributed by atoms with Gasteiger partial charge in [0.2, 0.25) is 0 Å². The first kappa shape index (κ1) is 9.98. The number of hydrogen-bond donors (Lipinski definition) is 1. The summed E-state index contributed by atoms with van der Waals surface area (Å²) < 4.78 is 5.27. The van der Waals surface area contributed by atoms with Crippen molar-refractivity contribution in [2.24, 2.45) is 0 Å². The summed E-state index contributed by atoms with van der Waals surface area (Å²) in [6, 6.07) is 6.08. The lowest BCUT2D eigenvalue weighted by molar-refractivity contribution is 0.412. The highest BCUT2D eigenvalue weighted by molar-refractivity contribution is 7.18. The Hall–Kier alpha value is -1.55.